The SMILES string of the molecule is COc1cc(CN(CCN(CCN(Cc2ccc(O)c(OC)c2)Cc2ccc(O)c(OC)c2)CCN(Cc2ccc(O)c(OC)c2)Cc2ccc(O)c(OC)c2)Cc2ccc(O)c(OC)c2)ccc1C. The molecular weight excluding hydrogens is 893 g/mol. The Bertz CT molecular complexity index is 2180. The molecule has 0 saturated heterocycles. The molecule has 0 saturated carbocycles. The molecule has 0 heterocycles. The zero-order valence-corrected chi connectivity index (χ0v) is 41.4. The van der Waals surface area contributed by atoms with Crippen molar-refractivity contribution in [1.29, 1.82) is 0 Å². The molecule has 0 amide bonds. The number of methoxy groups -OCH3 is 6. The highest BCUT2D eigenvalue weighted by atomic mass is 16.5. The van der Waals surface area contributed by atoms with Gasteiger partial charge in [-0.1, -0.05) is 42.5 Å². The predicted molar refractivity (Wildman–Crippen MR) is 270 cm³/mol. The molecule has 0 bridgehead atoms. The highest BCUT2D eigenvalue weighted by molar-refractivity contribution is 5.45. The van der Waals surface area contributed by atoms with Gasteiger partial charge in [0.15, 0.2) is 57.5 Å². The van der Waals surface area contributed by atoms with E-state index in [1.807, 2.05) is 67.6 Å². The second-order valence-electron chi connectivity index (χ2n) is 17.3. The molecule has 0 fully saturated rings. The summed E-state index contributed by atoms with van der Waals surface area (Å²) in [5.74, 6) is 3.11. The first-order chi connectivity index (χ1) is 33.8. The van der Waals surface area contributed by atoms with Gasteiger partial charge in [-0.25, -0.2) is 0 Å². The van der Waals surface area contributed by atoms with E-state index >= 15 is 0 Å². The summed E-state index contributed by atoms with van der Waals surface area (Å²) < 4.78 is 33.2. The molecular formula is C55H68N4O11. The molecule has 0 unspecified atom stereocenters. The summed E-state index contributed by atoms with van der Waals surface area (Å²) in [6.45, 7) is 9.35. The number of aryl methyl sites for hydroxylation is 1. The van der Waals surface area contributed by atoms with E-state index in [1.54, 1.807) is 44.6 Å². The molecule has 0 aliphatic carbocycles. The predicted octanol–water partition coefficient (Wildman–Crippen LogP) is 8.28. The van der Waals surface area contributed by atoms with Crippen LogP contribution in [-0.4, -0.2) is 127 Å². The van der Waals surface area contributed by atoms with E-state index < -0.39 is 0 Å². The minimum atomic E-state index is 0.0627. The summed E-state index contributed by atoms with van der Waals surface area (Å²) in [5, 5.41) is 52.3. The van der Waals surface area contributed by atoms with Crippen LogP contribution in [0.25, 0.3) is 0 Å². The molecule has 0 radical (unpaired) electrons. The first-order valence-electron chi connectivity index (χ1n) is 23.1. The van der Waals surface area contributed by atoms with Crippen LogP contribution in [0.3, 0.4) is 0 Å². The van der Waals surface area contributed by atoms with Crippen molar-refractivity contribution in [3.63, 3.8) is 0 Å². The molecule has 5 N–H and O–H groups in total. The molecule has 6 aromatic carbocycles. The Morgan fingerprint density at radius 2 is 0.486 bits per heavy atom. The molecule has 15 heteroatoms. The van der Waals surface area contributed by atoms with Crippen LogP contribution in [0.2, 0.25) is 0 Å². The Balaban J connectivity index is 1.34. The second-order valence-corrected chi connectivity index (χ2v) is 17.3. The standard InChI is InChI=1S/C55H68N4O11/c1-38-8-9-39(26-50(38)65-2)32-57(33-40-10-15-45(60)51(27-40)66-3)23-20-56(21-24-58(34-41-11-16-46(61)52(28-41)67-4)35-42-12-17-47(62)53(29-42)68-5)22-25-59(36-43-13-18-48(63)54(30-43)69-6)37-44-14-19-49(64)55(31-44)70-7/h8-19,26-31,60-64H,20-25,32-37H2,1-7H3. The molecule has 70 heavy (non-hydrogen) atoms. The molecule has 0 aromatic heterocycles. The van der Waals surface area contributed by atoms with Crippen LogP contribution < -0.4 is 28.4 Å². The van der Waals surface area contributed by atoms with Crippen molar-refractivity contribution in [3.8, 4) is 63.2 Å². The van der Waals surface area contributed by atoms with Gasteiger partial charge in [0, 0.05) is 78.5 Å². The maximum atomic E-state index is 10.5. The van der Waals surface area contributed by atoms with Crippen LogP contribution in [0.4, 0.5) is 0 Å². The van der Waals surface area contributed by atoms with Gasteiger partial charge in [-0.2, -0.15) is 0 Å². The lowest BCUT2D eigenvalue weighted by Gasteiger charge is -2.32. The third kappa shape index (κ3) is 14.7. The van der Waals surface area contributed by atoms with Gasteiger partial charge in [-0.3, -0.25) is 19.6 Å². The van der Waals surface area contributed by atoms with E-state index in [0.717, 1.165) is 44.7 Å². The van der Waals surface area contributed by atoms with Crippen LogP contribution in [0.1, 0.15) is 38.9 Å². The van der Waals surface area contributed by atoms with Gasteiger partial charge in [0.05, 0.1) is 42.7 Å². The lowest BCUT2D eigenvalue weighted by molar-refractivity contribution is 0.142. The van der Waals surface area contributed by atoms with Gasteiger partial charge in [0.1, 0.15) is 5.75 Å². The summed E-state index contributed by atoms with van der Waals surface area (Å²) in [6.07, 6.45) is 0. The Hall–Kier alpha value is -7.04. The minimum absolute atomic E-state index is 0.0627. The van der Waals surface area contributed by atoms with Gasteiger partial charge in [-0.15, -0.1) is 0 Å². The number of nitrogens with zero attached hydrogens (tertiary/aromatic N) is 4. The lowest BCUT2D eigenvalue weighted by Crippen LogP contribution is -2.42. The summed E-state index contributed by atoms with van der Waals surface area (Å²) in [7, 11) is 9.37. The van der Waals surface area contributed by atoms with Crippen molar-refractivity contribution in [2.24, 2.45) is 0 Å². The Labute approximate surface area is 411 Å². The first kappa shape index (κ1) is 52.3. The number of rotatable bonds is 27. The average molecular weight is 961 g/mol. The molecule has 374 valence electrons. The van der Waals surface area contributed by atoms with E-state index in [0.29, 0.717) is 107 Å². The number of aromatic hydroxyl groups is 5. The molecule has 15 nitrogen and oxygen atoms in total. The summed E-state index contributed by atoms with van der Waals surface area (Å²) >= 11 is 0. The minimum Gasteiger partial charge on any atom is -0.504 e. The largest absolute Gasteiger partial charge is 0.504 e. The van der Waals surface area contributed by atoms with Gasteiger partial charge >= 0.3 is 0 Å². The quantitative estimate of drug-likeness (QED) is 0.0334. The third-order valence-electron chi connectivity index (χ3n) is 12.3. The molecule has 0 aliphatic rings. The highest BCUT2D eigenvalue weighted by Gasteiger charge is 2.19. The number of hydrogen-bond acceptors (Lipinski definition) is 15. The van der Waals surface area contributed by atoms with Gasteiger partial charge in [0.25, 0.3) is 0 Å². The van der Waals surface area contributed by atoms with Crippen LogP contribution >= 0.6 is 0 Å². The summed E-state index contributed by atoms with van der Waals surface area (Å²) in [6, 6.07) is 33.3. The van der Waals surface area contributed by atoms with Crippen LogP contribution in [0.5, 0.6) is 63.2 Å². The fraction of sp³-hybridized carbons (Fsp3) is 0.345. The number of phenols is 5. The maximum Gasteiger partial charge on any atom is 0.160 e. The van der Waals surface area contributed by atoms with Gasteiger partial charge in [-0.05, 0) is 113 Å². The van der Waals surface area contributed by atoms with Gasteiger partial charge < -0.3 is 54.0 Å². The van der Waals surface area contributed by atoms with Crippen molar-refractivity contribution in [2.75, 3.05) is 81.9 Å². The maximum absolute atomic E-state index is 10.5. The molecule has 0 spiro atoms. The fourth-order valence-corrected chi connectivity index (χ4v) is 8.44. The molecule has 0 aliphatic heterocycles. The lowest BCUT2D eigenvalue weighted by atomic mass is 10.1. The normalized spacial score (nSPS) is 11.4. The van der Waals surface area contributed by atoms with E-state index in [1.165, 1.54) is 28.4 Å². The third-order valence-corrected chi connectivity index (χ3v) is 12.3. The molecule has 6 aromatic rings. The molecule has 0 atom stereocenters. The van der Waals surface area contributed by atoms with Crippen molar-refractivity contribution >= 4 is 0 Å². The van der Waals surface area contributed by atoms with Crippen LogP contribution in [-0.2, 0) is 39.3 Å². The number of phenolic OH excluding ortho intramolecular Hbond substituents is 5. The van der Waals surface area contributed by atoms with E-state index in [-0.39, 0.29) is 28.7 Å². The van der Waals surface area contributed by atoms with Crippen molar-refractivity contribution in [1.82, 2.24) is 19.6 Å². The van der Waals surface area contributed by atoms with Crippen molar-refractivity contribution in [2.45, 2.75) is 46.2 Å². The zero-order valence-electron chi connectivity index (χ0n) is 41.4. The topological polar surface area (TPSA) is 169 Å². The number of benzene rings is 6. The van der Waals surface area contributed by atoms with Crippen LogP contribution in [0, 0.1) is 6.92 Å². The average Bonchev–Trinajstić information content (AvgIpc) is 3.36. The van der Waals surface area contributed by atoms with Crippen LogP contribution in [0.15, 0.2) is 109 Å². The highest BCUT2D eigenvalue weighted by Crippen LogP contribution is 2.32. The van der Waals surface area contributed by atoms with Crippen molar-refractivity contribution in [3.05, 3.63) is 148 Å². The van der Waals surface area contributed by atoms with E-state index in [2.05, 4.69) is 37.8 Å². The Morgan fingerprint density at radius 3 is 0.714 bits per heavy atom. The van der Waals surface area contributed by atoms with E-state index in [9.17, 15) is 25.5 Å². The smallest absolute Gasteiger partial charge is 0.160 e. The number of hydrogen-bond donors (Lipinski definition) is 5. The molecule has 6 rings (SSSR count). The summed E-state index contributed by atoms with van der Waals surface area (Å²) in [4.78, 5) is 9.50. The first-order valence-corrected chi connectivity index (χ1v) is 23.1. The monoisotopic (exact) mass is 960 g/mol. The Morgan fingerprint density at radius 1 is 0.286 bits per heavy atom. The van der Waals surface area contributed by atoms with Crippen molar-refractivity contribution < 1.29 is 54.0 Å². The Kier molecular flexibility index (Phi) is 19.1. The van der Waals surface area contributed by atoms with Gasteiger partial charge in [0.2, 0.25) is 0 Å². The fourth-order valence-electron chi connectivity index (χ4n) is 8.44. The van der Waals surface area contributed by atoms with E-state index in [4.69, 9.17) is 28.4 Å². The summed E-state index contributed by atoms with van der Waals surface area (Å²) in [5.41, 5.74) is 6.95. The second kappa shape index (κ2) is 25.5. The number of ether oxygens (including phenoxy) is 6. The zero-order chi connectivity index (χ0) is 50.2.